The molecule has 0 radical (unpaired) electrons. The van der Waals surface area contributed by atoms with E-state index in [4.69, 9.17) is 9.47 Å². The second-order valence-electron chi connectivity index (χ2n) is 7.86. The van der Waals surface area contributed by atoms with Crippen LogP contribution >= 0.6 is 0 Å². The van der Waals surface area contributed by atoms with Crippen LogP contribution in [0.15, 0.2) is 36.4 Å². The smallest absolute Gasteiger partial charge is 0.296 e. The quantitative estimate of drug-likeness (QED) is 0.320. The van der Waals surface area contributed by atoms with Crippen LogP contribution in [0.3, 0.4) is 0 Å². The number of nitrogens with zero attached hydrogens (tertiary/aromatic N) is 6. The Labute approximate surface area is 205 Å². The lowest BCUT2D eigenvalue weighted by Crippen LogP contribution is -2.31. The van der Waals surface area contributed by atoms with Crippen LogP contribution < -0.4 is 25.0 Å². The number of anilines is 5. The van der Waals surface area contributed by atoms with Gasteiger partial charge in [-0.25, -0.2) is 0 Å². The van der Waals surface area contributed by atoms with Crippen molar-refractivity contribution >= 4 is 40.6 Å². The van der Waals surface area contributed by atoms with E-state index in [2.05, 4.69) is 25.6 Å². The maximum absolute atomic E-state index is 11.6. The van der Waals surface area contributed by atoms with Gasteiger partial charge in [-0.15, -0.1) is 0 Å². The Bertz CT molecular complexity index is 1200. The van der Waals surface area contributed by atoms with E-state index in [1.807, 2.05) is 4.90 Å². The molecule has 188 valence electrons. The molecule has 1 aliphatic heterocycles. The first-order valence-corrected chi connectivity index (χ1v) is 11.1. The van der Waals surface area contributed by atoms with Crippen molar-refractivity contribution in [1.82, 2.24) is 15.0 Å². The second-order valence-corrected chi connectivity index (χ2v) is 7.86. The van der Waals surface area contributed by atoms with E-state index in [0.29, 0.717) is 17.4 Å². The fourth-order valence-corrected chi connectivity index (χ4v) is 3.74. The summed E-state index contributed by atoms with van der Waals surface area (Å²) < 4.78 is 10.2. The van der Waals surface area contributed by atoms with Gasteiger partial charge < -0.3 is 25.0 Å². The molecule has 0 saturated carbocycles. The molecule has 2 heterocycles. The van der Waals surface area contributed by atoms with E-state index in [9.17, 15) is 20.2 Å². The van der Waals surface area contributed by atoms with Gasteiger partial charge in [0.05, 0.1) is 36.2 Å². The Hall–Kier alpha value is -4.75. The van der Waals surface area contributed by atoms with Crippen LogP contribution in [0.2, 0.25) is 0 Å². The summed E-state index contributed by atoms with van der Waals surface area (Å²) in [5.74, 6) is 1.08. The average molecular weight is 496 g/mol. The van der Waals surface area contributed by atoms with Crippen molar-refractivity contribution in [2.75, 3.05) is 42.8 Å². The Kier molecular flexibility index (Phi) is 7.23. The summed E-state index contributed by atoms with van der Waals surface area (Å²) in [5, 5.41) is 29.0. The standard InChI is InChI=1S/C22H24N8O6/c1-35-14-6-8-16(18(12-14)29(31)32)23-20-25-21(27-22(26-20)28-10-4-3-5-11-28)24-17-9-7-15(36-2)13-19(17)30(33)34/h6-9,12-13H,3-5,10-11H2,1-2H3,(H2,23,24,25,26,27). The lowest BCUT2D eigenvalue weighted by molar-refractivity contribution is -0.384. The van der Waals surface area contributed by atoms with E-state index < -0.39 is 9.85 Å². The number of benzene rings is 2. The van der Waals surface area contributed by atoms with Crippen molar-refractivity contribution in [2.45, 2.75) is 19.3 Å². The number of aromatic nitrogens is 3. The van der Waals surface area contributed by atoms with Gasteiger partial charge >= 0.3 is 0 Å². The van der Waals surface area contributed by atoms with Gasteiger partial charge in [-0.2, -0.15) is 15.0 Å². The van der Waals surface area contributed by atoms with Gasteiger partial charge in [-0.1, -0.05) is 0 Å². The molecule has 2 N–H and O–H groups in total. The molecular weight excluding hydrogens is 472 g/mol. The zero-order valence-corrected chi connectivity index (χ0v) is 19.6. The molecule has 4 rings (SSSR count). The zero-order chi connectivity index (χ0) is 25.7. The molecule has 0 aliphatic carbocycles. The predicted octanol–water partition coefficient (Wildman–Crippen LogP) is 4.18. The highest BCUT2D eigenvalue weighted by molar-refractivity contribution is 5.71. The fourth-order valence-electron chi connectivity index (χ4n) is 3.74. The first-order chi connectivity index (χ1) is 17.4. The maximum atomic E-state index is 11.6. The van der Waals surface area contributed by atoms with E-state index in [-0.39, 0.29) is 34.6 Å². The third-order valence-corrected chi connectivity index (χ3v) is 5.56. The molecule has 0 bridgehead atoms. The SMILES string of the molecule is COc1ccc(Nc2nc(Nc3ccc(OC)cc3[N+](=O)[O-])nc(N3CCCCC3)n2)c([N+](=O)[O-])c1. The van der Waals surface area contributed by atoms with Gasteiger partial charge in [-0.3, -0.25) is 20.2 Å². The van der Waals surface area contributed by atoms with Crippen LogP contribution in [0.25, 0.3) is 0 Å². The van der Waals surface area contributed by atoms with Crippen molar-refractivity contribution in [2.24, 2.45) is 0 Å². The molecule has 36 heavy (non-hydrogen) atoms. The Morgan fingerprint density at radius 2 is 1.25 bits per heavy atom. The number of nitro benzene ring substituents is 2. The Morgan fingerprint density at radius 1 is 0.778 bits per heavy atom. The van der Waals surface area contributed by atoms with Crippen LogP contribution in [0, 0.1) is 20.2 Å². The lowest BCUT2D eigenvalue weighted by Gasteiger charge is -2.27. The highest BCUT2D eigenvalue weighted by Gasteiger charge is 2.22. The number of rotatable bonds is 9. The third kappa shape index (κ3) is 5.48. The Morgan fingerprint density at radius 3 is 1.67 bits per heavy atom. The molecule has 1 aromatic heterocycles. The highest BCUT2D eigenvalue weighted by atomic mass is 16.6. The molecule has 0 spiro atoms. The lowest BCUT2D eigenvalue weighted by atomic mass is 10.1. The van der Waals surface area contributed by atoms with Crippen LogP contribution in [-0.4, -0.2) is 52.1 Å². The summed E-state index contributed by atoms with van der Waals surface area (Å²) in [4.78, 5) is 37.4. The van der Waals surface area contributed by atoms with Crippen molar-refractivity contribution in [3.8, 4) is 11.5 Å². The summed E-state index contributed by atoms with van der Waals surface area (Å²) in [6, 6.07) is 8.69. The highest BCUT2D eigenvalue weighted by Crippen LogP contribution is 2.33. The summed E-state index contributed by atoms with van der Waals surface area (Å²) in [6.07, 6.45) is 3.02. The van der Waals surface area contributed by atoms with Crippen LogP contribution in [-0.2, 0) is 0 Å². The zero-order valence-electron chi connectivity index (χ0n) is 19.6. The van der Waals surface area contributed by atoms with Crippen molar-refractivity contribution in [3.05, 3.63) is 56.6 Å². The van der Waals surface area contributed by atoms with Crippen LogP contribution in [0.1, 0.15) is 19.3 Å². The normalized spacial score (nSPS) is 13.1. The second kappa shape index (κ2) is 10.7. The molecular formula is C22H24N8O6. The van der Waals surface area contributed by atoms with E-state index >= 15 is 0 Å². The summed E-state index contributed by atoms with van der Waals surface area (Å²) >= 11 is 0. The van der Waals surface area contributed by atoms with E-state index in [1.54, 1.807) is 12.1 Å². The largest absolute Gasteiger partial charge is 0.496 e. The van der Waals surface area contributed by atoms with Gasteiger partial charge in [0.25, 0.3) is 11.4 Å². The molecule has 1 fully saturated rings. The van der Waals surface area contributed by atoms with Gasteiger partial charge in [0, 0.05) is 13.1 Å². The minimum Gasteiger partial charge on any atom is -0.496 e. The van der Waals surface area contributed by atoms with E-state index in [1.165, 1.54) is 38.5 Å². The first-order valence-electron chi connectivity index (χ1n) is 11.1. The number of hydrogen-bond donors (Lipinski definition) is 2. The molecule has 0 atom stereocenters. The number of hydrogen-bond acceptors (Lipinski definition) is 12. The van der Waals surface area contributed by atoms with Gasteiger partial charge in [0.2, 0.25) is 17.8 Å². The van der Waals surface area contributed by atoms with E-state index in [0.717, 1.165) is 32.4 Å². The Balaban J connectivity index is 1.73. The molecule has 14 nitrogen and oxygen atoms in total. The van der Waals surface area contributed by atoms with Crippen LogP contribution in [0.4, 0.5) is 40.6 Å². The number of nitrogens with one attached hydrogen (secondary N) is 2. The van der Waals surface area contributed by atoms with Gasteiger partial charge in [-0.05, 0) is 43.5 Å². The van der Waals surface area contributed by atoms with Crippen molar-refractivity contribution < 1.29 is 19.3 Å². The molecule has 2 aromatic carbocycles. The molecule has 3 aromatic rings. The number of methoxy groups -OCH3 is 2. The molecule has 0 amide bonds. The van der Waals surface area contributed by atoms with Crippen LogP contribution in [0.5, 0.6) is 11.5 Å². The fraction of sp³-hybridized carbons (Fsp3) is 0.318. The molecule has 14 heteroatoms. The average Bonchev–Trinajstić information content (AvgIpc) is 2.89. The molecule has 1 aliphatic rings. The van der Waals surface area contributed by atoms with Crippen molar-refractivity contribution in [3.63, 3.8) is 0 Å². The summed E-state index contributed by atoms with van der Waals surface area (Å²) in [7, 11) is 2.83. The number of nitro groups is 2. The van der Waals surface area contributed by atoms with Gasteiger partial charge in [0.15, 0.2) is 0 Å². The maximum Gasteiger partial charge on any atom is 0.296 e. The van der Waals surface area contributed by atoms with Gasteiger partial charge in [0.1, 0.15) is 22.9 Å². The minimum absolute atomic E-state index is 0.0394. The topological polar surface area (TPSA) is 171 Å². The summed E-state index contributed by atoms with van der Waals surface area (Å²) in [5.41, 5.74) is -0.153. The molecule has 1 saturated heterocycles. The monoisotopic (exact) mass is 496 g/mol. The third-order valence-electron chi connectivity index (χ3n) is 5.56. The summed E-state index contributed by atoms with van der Waals surface area (Å²) in [6.45, 7) is 1.46. The first kappa shape index (κ1) is 24.4. The van der Waals surface area contributed by atoms with Crippen molar-refractivity contribution in [1.29, 1.82) is 0 Å². The minimum atomic E-state index is -0.544. The molecule has 0 unspecified atom stereocenters. The number of piperidine rings is 1. The predicted molar refractivity (Wildman–Crippen MR) is 132 cm³/mol. The number of ether oxygens (including phenoxy) is 2.